The summed E-state index contributed by atoms with van der Waals surface area (Å²) in [7, 11) is 0. The first kappa shape index (κ1) is 18.8. The third kappa shape index (κ3) is 5.50. The van der Waals surface area contributed by atoms with E-state index in [-0.39, 0.29) is 12.6 Å². The van der Waals surface area contributed by atoms with E-state index in [2.05, 4.69) is 19.9 Å². The lowest BCUT2D eigenvalue weighted by Gasteiger charge is -2.24. The van der Waals surface area contributed by atoms with Gasteiger partial charge in [0.25, 0.3) is 0 Å². The molecule has 0 N–H and O–H groups in total. The van der Waals surface area contributed by atoms with E-state index in [1.807, 2.05) is 39.8 Å². The van der Waals surface area contributed by atoms with Crippen molar-refractivity contribution in [3.8, 4) is 11.5 Å². The Hall–Kier alpha value is -1.26. The molecule has 0 fully saturated rings. The molecule has 4 nitrogen and oxygen atoms in total. The summed E-state index contributed by atoms with van der Waals surface area (Å²) >= 11 is 0. The van der Waals surface area contributed by atoms with Crippen molar-refractivity contribution in [1.29, 1.82) is 0 Å². The molecule has 3 atom stereocenters. The average molecular weight is 310 g/mol. The van der Waals surface area contributed by atoms with Crippen molar-refractivity contribution < 1.29 is 18.9 Å². The van der Waals surface area contributed by atoms with Gasteiger partial charge in [-0.1, -0.05) is 26.0 Å². The fraction of sp³-hybridized carbons (Fsp3) is 0.667. The average Bonchev–Trinajstić information content (AvgIpc) is 2.48. The van der Waals surface area contributed by atoms with Crippen molar-refractivity contribution in [2.75, 3.05) is 13.2 Å². The summed E-state index contributed by atoms with van der Waals surface area (Å²) in [6.07, 6.45) is 0.394. The van der Waals surface area contributed by atoms with Crippen molar-refractivity contribution in [2.24, 2.45) is 0 Å². The second-order valence-electron chi connectivity index (χ2n) is 5.27. The Labute approximate surface area is 134 Å². The molecular formula is C18H30O4. The molecule has 0 bridgehead atoms. The maximum atomic E-state index is 6.02. The quantitative estimate of drug-likeness (QED) is 0.586. The fourth-order valence-electron chi connectivity index (χ4n) is 2.24. The number of ether oxygens (including phenoxy) is 4. The van der Waals surface area contributed by atoms with Gasteiger partial charge in [0.1, 0.15) is 0 Å². The predicted octanol–water partition coefficient (Wildman–Crippen LogP) is 4.72. The molecule has 1 rings (SSSR count). The minimum Gasteiger partial charge on any atom is -0.461 e. The van der Waals surface area contributed by atoms with E-state index in [4.69, 9.17) is 18.9 Å². The first-order valence-corrected chi connectivity index (χ1v) is 8.22. The van der Waals surface area contributed by atoms with Crippen LogP contribution in [0.4, 0.5) is 0 Å². The number of rotatable bonds is 10. The SMILES string of the molecule is CCOC(C)Oc1cccc(C(C)CC)c1OC(C)OCC. The van der Waals surface area contributed by atoms with Crippen LogP contribution in [0.5, 0.6) is 11.5 Å². The van der Waals surface area contributed by atoms with Gasteiger partial charge < -0.3 is 18.9 Å². The summed E-state index contributed by atoms with van der Waals surface area (Å²) in [6, 6.07) is 5.99. The van der Waals surface area contributed by atoms with E-state index in [1.54, 1.807) is 0 Å². The van der Waals surface area contributed by atoms with Gasteiger partial charge in [0.15, 0.2) is 24.1 Å². The number of benzene rings is 1. The third-order valence-electron chi connectivity index (χ3n) is 3.53. The zero-order valence-corrected chi connectivity index (χ0v) is 14.7. The minimum atomic E-state index is -0.319. The van der Waals surface area contributed by atoms with Gasteiger partial charge in [-0.3, -0.25) is 0 Å². The molecule has 0 saturated heterocycles. The van der Waals surface area contributed by atoms with Crippen LogP contribution in [0.2, 0.25) is 0 Å². The van der Waals surface area contributed by atoms with Gasteiger partial charge in [-0.05, 0) is 46.1 Å². The molecule has 0 spiro atoms. The lowest BCUT2D eigenvalue weighted by molar-refractivity contribution is -0.0770. The van der Waals surface area contributed by atoms with E-state index in [9.17, 15) is 0 Å². The van der Waals surface area contributed by atoms with Crippen LogP contribution >= 0.6 is 0 Å². The van der Waals surface area contributed by atoms with E-state index in [0.717, 1.165) is 17.7 Å². The number of hydrogen-bond acceptors (Lipinski definition) is 4. The Morgan fingerprint density at radius 2 is 1.45 bits per heavy atom. The smallest absolute Gasteiger partial charge is 0.197 e. The Balaban J connectivity index is 3.07. The first-order valence-electron chi connectivity index (χ1n) is 8.22. The van der Waals surface area contributed by atoms with Gasteiger partial charge in [-0.25, -0.2) is 0 Å². The summed E-state index contributed by atoms with van der Waals surface area (Å²) in [4.78, 5) is 0. The molecule has 0 radical (unpaired) electrons. The second-order valence-corrected chi connectivity index (χ2v) is 5.27. The maximum Gasteiger partial charge on any atom is 0.197 e. The van der Waals surface area contributed by atoms with Gasteiger partial charge >= 0.3 is 0 Å². The van der Waals surface area contributed by atoms with Crippen molar-refractivity contribution in [1.82, 2.24) is 0 Å². The molecule has 4 heteroatoms. The standard InChI is InChI=1S/C18H30O4/c1-7-13(4)16-11-10-12-17(21-14(5)19-8-2)18(16)22-15(6)20-9-3/h10-15H,7-9H2,1-6H3. The Morgan fingerprint density at radius 3 is 2.00 bits per heavy atom. The normalized spacial score (nSPS) is 15.2. The highest BCUT2D eigenvalue weighted by Crippen LogP contribution is 2.38. The van der Waals surface area contributed by atoms with Gasteiger partial charge in [0, 0.05) is 18.8 Å². The van der Waals surface area contributed by atoms with Crippen molar-refractivity contribution in [3.05, 3.63) is 23.8 Å². The van der Waals surface area contributed by atoms with Gasteiger partial charge in [0.2, 0.25) is 0 Å². The largest absolute Gasteiger partial charge is 0.461 e. The van der Waals surface area contributed by atoms with Crippen LogP contribution in [0.3, 0.4) is 0 Å². The molecule has 0 amide bonds. The van der Waals surface area contributed by atoms with Gasteiger partial charge in [-0.15, -0.1) is 0 Å². The van der Waals surface area contributed by atoms with Crippen LogP contribution in [0.25, 0.3) is 0 Å². The van der Waals surface area contributed by atoms with Crippen molar-refractivity contribution in [2.45, 2.75) is 66.5 Å². The molecule has 126 valence electrons. The Kier molecular flexibility index (Phi) is 8.28. The molecule has 1 aromatic carbocycles. The summed E-state index contributed by atoms with van der Waals surface area (Å²) in [5.74, 6) is 1.84. The summed E-state index contributed by atoms with van der Waals surface area (Å²) < 4.78 is 22.9. The summed E-state index contributed by atoms with van der Waals surface area (Å²) in [6.45, 7) is 13.2. The lowest BCUT2D eigenvalue weighted by atomic mass is 9.97. The zero-order valence-electron chi connectivity index (χ0n) is 14.7. The highest BCUT2D eigenvalue weighted by atomic mass is 16.7. The van der Waals surface area contributed by atoms with E-state index in [0.29, 0.717) is 24.9 Å². The van der Waals surface area contributed by atoms with E-state index < -0.39 is 0 Å². The lowest BCUT2D eigenvalue weighted by Crippen LogP contribution is -2.20. The maximum absolute atomic E-state index is 6.02. The van der Waals surface area contributed by atoms with Crippen LogP contribution in [-0.2, 0) is 9.47 Å². The first-order chi connectivity index (χ1) is 10.5. The van der Waals surface area contributed by atoms with Gasteiger partial charge in [-0.2, -0.15) is 0 Å². The predicted molar refractivity (Wildman–Crippen MR) is 88.6 cm³/mol. The molecule has 0 aromatic heterocycles. The topological polar surface area (TPSA) is 36.9 Å². The fourth-order valence-corrected chi connectivity index (χ4v) is 2.24. The minimum absolute atomic E-state index is 0.318. The Morgan fingerprint density at radius 1 is 0.864 bits per heavy atom. The Bertz CT molecular complexity index is 433. The molecule has 0 aliphatic carbocycles. The van der Waals surface area contributed by atoms with Crippen LogP contribution in [0, 0.1) is 0 Å². The van der Waals surface area contributed by atoms with Crippen LogP contribution in [0.15, 0.2) is 18.2 Å². The molecular weight excluding hydrogens is 280 g/mol. The van der Waals surface area contributed by atoms with Crippen molar-refractivity contribution >= 4 is 0 Å². The van der Waals surface area contributed by atoms with Crippen LogP contribution in [-0.4, -0.2) is 25.8 Å². The number of para-hydroxylation sites is 1. The third-order valence-corrected chi connectivity index (χ3v) is 3.53. The van der Waals surface area contributed by atoms with E-state index >= 15 is 0 Å². The molecule has 0 aliphatic heterocycles. The molecule has 3 unspecified atom stereocenters. The number of hydrogen-bond donors (Lipinski definition) is 0. The van der Waals surface area contributed by atoms with Crippen LogP contribution in [0.1, 0.15) is 59.4 Å². The molecule has 1 aromatic rings. The van der Waals surface area contributed by atoms with E-state index in [1.165, 1.54) is 0 Å². The second kappa shape index (κ2) is 9.70. The summed E-state index contributed by atoms with van der Waals surface area (Å²) in [5.41, 5.74) is 1.13. The molecule has 0 aliphatic rings. The monoisotopic (exact) mass is 310 g/mol. The summed E-state index contributed by atoms with van der Waals surface area (Å²) in [5, 5.41) is 0. The molecule has 22 heavy (non-hydrogen) atoms. The molecule has 0 saturated carbocycles. The van der Waals surface area contributed by atoms with Crippen LogP contribution < -0.4 is 9.47 Å². The molecule has 0 heterocycles. The van der Waals surface area contributed by atoms with Crippen molar-refractivity contribution in [3.63, 3.8) is 0 Å². The highest BCUT2D eigenvalue weighted by Gasteiger charge is 2.19. The zero-order chi connectivity index (χ0) is 16.5. The van der Waals surface area contributed by atoms with Gasteiger partial charge in [0.05, 0.1) is 0 Å². The highest BCUT2D eigenvalue weighted by molar-refractivity contribution is 5.48.